The van der Waals surface area contributed by atoms with E-state index in [0.717, 1.165) is 28.4 Å². The van der Waals surface area contributed by atoms with Gasteiger partial charge in [0.05, 0.1) is 22.1 Å². The van der Waals surface area contributed by atoms with E-state index in [1.54, 1.807) is 0 Å². The average Bonchev–Trinajstić information content (AvgIpc) is 3.86. The van der Waals surface area contributed by atoms with Crippen molar-refractivity contribution in [3.8, 4) is 33.6 Å². The van der Waals surface area contributed by atoms with E-state index in [9.17, 15) is 0 Å². The van der Waals surface area contributed by atoms with Gasteiger partial charge in [-0.05, 0) is 107 Å². The standard InChI is InChI=1S/C58H39N3/c1-3-14-40(15-4-1)44-17-13-20-48(38-44)59(49-35-37-57-54(39-49)52-23-10-11-24-55(52)60(57)45-18-5-2-6-19-45)46-31-26-41(27-32-46)42-28-33-47(34-29-42)61-56-25-12-9-22-51(56)53-36-30-43-16-7-8-21-50(43)58(53)61/h1-39H. The summed E-state index contributed by atoms with van der Waals surface area (Å²) in [5.41, 5.74) is 15.1. The van der Waals surface area contributed by atoms with Gasteiger partial charge < -0.3 is 14.0 Å². The Morgan fingerprint density at radius 2 is 0.787 bits per heavy atom. The van der Waals surface area contributed by atoms with Crippen molar-refractivity contribution in [2.45, 2.75) is 0 Å². The molecule has 2 heterocycles. The fraction of sp³-hybridized carbons (Fsp3) is 0. The van der Waals surface area contributed by atoms with Crippen molar-refractivity contribution in [3.63, 3.8) is 0 Å². The second kappa shape index (κ2) is 14.3. The predicted octanol–water partition coefficient (Wildman–Crippen LogP) is 15.8. The molecule has 0 aliphatic carbocycles. The molecule has 0 saturated heterocycles. The van der Waals surface area contributed by atoms with Gasteiger partial charge in [0.1, 0.15) is 0 Å². The Hall–Kier alpha value is -8.14. The van der Waals surface area contributed by atoms with Gasteiger partial charge in [-0.1, -0.05) is 158 Å². The van der Waals surface area contributed by atoms with Crippen molar-refractivity contribution in [2.75, 3.05) is 4.90 Å². The number of hydrogen-bond donors (Lipinski definition) is 0. The maximum atomic E-state index is 2.43. The molecule has 0 N–H and O–H groups in total. The zero-order valence-electron chi connectivity index (χ0n) is 33.4. The molecule has 3 heteroatoms. The minimum atomic E-state index is 1.09. The van der Waals surface area contributed by atoms with E-state index in [1.165, 1.54) is 76.6 Å². The lowest BCUT2D eigenvalue weighted by Crippen LogP contribution is -2.10. The first kappa shape index (κ1) is 34.9. The third-order valence-electron chi connectivity index (χ3n) is 12.3. The first-order valence-electron chi connectivity index (χ1n) is 20.9. The highest BCUT2D eigenvalue weighted by atomic mass is 15.1. The maximum absolute atomic E-state index is 2.43. The SMILES string of the molecule is c1ccc(-c2cccc(N(c3ccc(-c4ccc(-n5c6ccccc6c6ccc7ccccc7c65)cc4)cc3)c3ccc4c(c3)c3ccccc3n4-c3ccccc3)c2)cc1. The lowest BCUT2D eigenvalue weighted by molar-refractivity contribution is 1.18. The molecule has 0 spiro atoms. The van der Waals surface area contributed by atoms with E-state index in [4.69, 9.17) is 0 Å². The summed E-state index contributed by atoms with van der Waals surface area (Å²) in [5.74, 6) is 0. The molecule has 0 bridgehead atoms. The molecule has 10 aromatic carbocycles. The molecule has 0 atom stereocenters. The number of benzene rings is 10. The van der Waals surface area contributed by atoms with Crippen molar-refractivity contribution >= 4 is 71.4 Å². The lowest BCUT2D eigenvalue weighted by atomic mass is 10.0. The molecule has 12 aromatic rings. The maximum Gasteiger partial charge on any atom is 0.0619 e. The predicted molar refractivity (Wildman–Crippen MR) is 258 cm³/mol. The van der Waals surface area contributed by atoms with Crippen LogP contribution in [-0.4, -0.2) is 9.13 Å². The zero-order valence-corrected chi connectivity index (χ0v) is 33.4. The van der Waals surface area contributed by atoms with Gasteiger partial charge in [-0.3, -0.25) is 0 Å². The van der Waals surface area contributed by atoms with Crippen LogP contribution >= 0.6 is 0 Å². The number of hydrogen-bond acceptors (Lipinski definition) is 1. The Balaban J connectivity index is 0.963. The van der Waals surface area contributed by atoms with E-state index in [0.29, 0.717) is 0 Å². The zero-order chi connectivity index (χ0) is 40.3. The normalized spacial score (nSPS) is 11.6. The van der Waals surface area contributed by atoms with Gasteiger partial charge in [0, 0.05) is 55.4 Å². The van der Waals surface area contributed by atoms with E-state index >= 15 is 0 Å². The molecular weight excluding hydrogens is 739 g/mol. The third kappa shape index (κ3) is 5.82. The molecule has 61 heavy (non-hydrogen) atoms. The molecule has 0 aliphatic rings. The van der Waals surface area contributed by atoms with Crippen molar-refractivity contribution in [1.29, 1.82) is 0 Å². The van der Waals surface area contributed by atoms with Crippen LogP contribution in [0, 0.1) is 0 Å². The Morgan fingerprint density at radius 3 is 1.54 bits per heavy atom. The second-order valence-electron chi connectivity index (χ2n) is 15.8. The fourth-order valence-electron chi connectivity index (χ4n) is 9.46. The van der Waals surface area contributed by atoms with E-state index in [2.05, 4.69) is 251 Å². The summed E-state index contributed by atoms with van der Waals surface area (Å²) in [4.78, 5) is 2.39. The number of anilines is 3. The molecule has 286 valence electrons. The van der Waals surface area contributed by atoms with Gasteiger partial charge in [-0.15, -0.1) is 0 Å². The third-order valence-corrected chi connectivity index (χ3v) is 12.3. The van der Waals surface area contributed by atoms with Crippen LogP contribution in [0.15, 0.2) is 237 Å². The van der Waals surface area contributed by atoms with Crippen LogP contribution < -0.4 is 4.90 Å². The number of aromatic nitrogens is 2. The summed E-state index contributed by atoms with van der Waals surface area (Å²) >= 11 is 0. The molecule has 12 rings (SSSR count). The van der Waals surface area contributed by atoms with Crippen LogP contribution in [0.2, 0.25) is 0 Å². The fourth-order valence-corrected chi connectivity index (χ4v) is 9.46. The summed E-state index contributed by atoms with van der Waals surface area (Å²) in [6, 6.07) is 85.8. The molecular formula is C58H39N3. The number of para-hydroxylation sites is 3. The molecule has 0 amide bonds. The molecule has 0 saturated carbocycles. The minimum absolute atomic E-state index is 1.09. The van der Waals surface area contributed by atoms with Crippen LogP contribution in [0.5, 0.6) is 0 Å². The lowest BCUT2D eigenvalue weighted by Gasteiger charge is -2.26. The van der Waals surface area contributed by atoms with Gasteiger partial charge in [0.2, 0.25) is 0 Å². The highest BCUT2D eigenvalue weighted by molar-refractivity contribution is 6.18. The van der Waals surface area contributed by atoms with Gasteiger partial charge in [0.25, 0.3) is 0 Å². The first-order valence-corrected chi connectivity index (χ1v) is 20.9. The average molecular weight is 778 g/mol. The van der Waals surface area contributed by atoms with E-state index < -0.39 is 0 Å². The van der Waals surface area contributed by atoms with Crippen LogP contribution in [0.25, 0.3) is 88.0 Å². The van der Waals surface area contributed by atoms with Gasteiger partial charge in [0.15, 0.2) is 0 Å². The molecule has 0 unspecified atom stereocenters. The smallest absolute Gasteiger partial charge is 0.0619 e. The number of rotatable bonds is 7. The highest BCUT2D eigenvalue weighted by Gasteiger charge is 2.19. The van der Waals surface area contributed by atoms with Gasteiger partial charge >= 0.3 is 0 Å². The molecule has 0 radical (unpaired) electrons. The Labute approximate surface area is 354 Å². The quantitative estimate of drug-likeness (QED) is 0.157. The summed E-state index contributed by atoms with van der Waals surface area (Å²) in [7, 11) is 0. The largest absolute Gasteiger partial charge is 0.310 e. The van der Waals surface area contributed by atoms with Crippen molar-refractivity contribution < 1.29 is 0 Å². The Kier molecular flexibility index (Phi) is 8.17. The summed E-state index contributed by atoms with van der Waals surface area (Å²) < 4.78 is 4.80. The minimum Gasteiger partial charge on any atom is -0.310 e. The van der Waals surface area contributed by atoms with Gasteiger partial charge in [-0.25, -0.2) is 0 Å². The summed E-state index contributed by atoms with van der Waals surface area (Å²) in [6.07, 6.45) is 0. The summed E-state index contributed by atoms with van der Waals surface area (Å²) in [5, 5.41) is 7.49. The second-order valence-corrected chi connectivity index (χ2v) is 15.8. The molecule has 2 aromatic heterocycles. The monoisotopic (exact) mass is 777 g/mol. The van der Waals surface area contributed by atoms with Crippen molar-refractivity contribution in [3.05, 3.63) is 237 Å². The van der Waals surface area contributed by atoms with Crippen LogP contribution in [0.3, 0.4) is 0 Å². The number of nitrogens with zero attached hydrogens (tertiary/aromatic N) is 3. The first-order chi connectivity index (χ1) is 30.3. The number of fused-ring (bicyclic) bond motifs is 8. The molecule has 0 aliphatic heterocycles. The molecule has 3 nitrogen and oxygen atoms in total. The van der Waals surface area contributed by atoms with Crippen LogP contribution in [0.1, 0.15) is 0 Å². The molecule has 0 fully saturated rings. The Morgan fingerprint density at radius 1 is 0.262 bits per heavy atom. The van der Waals surface area contributed by atoms with Crippen molar-refractivity contribution in [1.82, 2.24) is 9.13 Å². The van der Waals surface area contributed by atoms with Crippen molar-refractivity contribution in [2.24, 2.45) is 0 Å². The summed E-state index contributed by atoms with van der Waals surface area (Å²) in [6.45, 7) is 0. The van der Waals surface area contributed by atoms with Gasteiger partial charge in [-0.2, -0.15) is 0 Å². The topological polar surface area (TPSA) is 13.1 Å². The van der Waals surface area contributed by atoms with E-state index in [-0.39, 0.29) is 0 Å². The van der Waals surface area contributed by atoms with Crippen LogP contribution in [-0.2, 0) is 0 Å². The van der Waals surface area contributed by atoms with E-state index in [1.807, 2.05) is 0 Å². The van der Waals surface area contributed by atoms with Crippen LogP contribution in [0.4, 0.5) is 17.1 Å². The highest BCUT2D eigenvalue weighted by Crippen LogP contribution is 2.42. The Bertz CT molecular complexity index is 3560.